The fourth-order valence-electron chi connectivity index (χ4n) is 2.71. The summed E-state index contributed by atoms with van der Waals surface area (Å²) in [6.45, 7) is 0.131. The van der Waals surface area contributed by atoms with Crippen LogP contribution in [0.2, 0.25) is 0 Å². The number of halogens is 1. The fraction of sp³-hybridized carbons (Fsp3) is 0.278. The van der Waals surface area contributed by atoms with Gasteiger partial charge in [-0.05, 0) is 35.9 Å². The minimum atomic E-state index is -3.94. The van der Waals surface area contributed by atoms with Gasteiger partial charge in [0.2, 0.25) is 10.0 Å². The Kier molecular flexibility index (Phi) is 6.52. The molecule has 1 aliphatic heterocycles. The molecular formula is C18H19FN4O5S. The van der Waals surface area contributed by atoms with E-state index in [4.69, 9.17) is 4.74 Å². The van der Waals surface area contributed by atoms with Crippen LogP contribution in [0.15, 0.2) is 53.7 Å². The van der Waals surface area contributed by atoms with Crippen LogP contribution in [0.5, 0.6) is 0 Å². The van der Waals surface area contributed by atoms with E-state index in [-0.39, 0.29) is 31.1 Å². The van der Waals surface area contributed by atoms with Crippen LogP contribution in [0.1, 0.15) is 5.56 Å². The summed E-state index contributed by atoms with van der Waals surface area (Å²) in [5.74, 6) is -2.33. The van der Waals surface area contributed by atoms with Gasteiger partial charge < -0.3 is 15.4 Å². The predicted molar refractivity (Wildman–Crippen MR) is 99.1 cm³/mol. The average molecular weight is 422 g/mol. The lowest BCUT2D eigenvalue weighted by atomic mass is 10.3. The molecule has 1 aliphatic rings. The van der Waals surface area contributed by atoms with Gasteiger partial charge in [-0.1, -0.05) is 6.07 Å². The molecule has 0 spiro atoms. The number of carbonyl (C=O) groups excluding carboxylic acids is 2. The van der Waals surface area contributed by atoms with Crippen LogP contribution in [-0.4, -0.2) is 55.4 Å². The normalized spacial score (nSPS) is 17.1. The van der Waals surface area contributed by atoms with Crippen molar-refractivity contribution < 1.29 is 27.1 Å². The van der Waals surface area contributed by atoms with Crippen LogP contribution < -0.4 is 10.6 Å². The molecule has 2 aromatic rings. The van der Waals surface area contributed by atoms with Crippen molar-refractivity contribution >= 4 is 21.8 Å². The molecule has 29 heavy (non-hydrogen) atoms. The van der Waals surface area contributed by atoms with Crippen LogP contribution >= 0.6 is 0 Å². The third kappa shape index (κ3) is 5.13. The Morgan fingerprint density at radius 1 is 1.17 bits per heavy atom. The molecule has 1 aromatic carbocycles. The number of carbonyl (C=O) groups is 2. The molecule has 1 fully saturated rings. The van der Waals surface area contributed by atoms with E-state index in [0.717, 1.165) is 34.1 Å². The zero-order chi connectivity index (χ0) is 20.9. The highest BCUT2D eigenvalue weighted by molar-refractivity contribution is 7.89. The van der Waals surface area contributed by atoms with Crippen molar-refractivity contribution in [2.45, 2.75) is 17.7 Å². The molecule has 0 unspecified atom stereocenters. The quantitative estimate of drug-likeness (QED) is 0.633. The summed E-state index contributed by atoms with van der Waals surface area (Å²) in [7, 11) is -3.94. The highest BCUT2D eigenvalue weighted by atomic mass is 32.2. The van der Waals surface area contributed by atoms with Crippen LogP contribution in [0.3, 0.4) is 0 Å². The number of hydrogen-bond donors (Lipinski definition) is 2. The first-order chi connectivity index (χ1) is 13.9. The van der Waals surface area contributed by atoms with E-state index in [0.29, 0.717) is 0 Å². The highest BCUT2D eigenvalue weighted by Gasteiger charge is 2.36. The number of amides is 2. The molecule has 0 aliphatic carbocycles. The second-order valence-electron chi connectivity index (χ2n) is 6.15. The lowest BCUT2D eigenvalue weighted by Crippen LogP contribution is -2.47. The smallest absolute Gasteiger partial charge is 0.309 e. The van der Waals surface area contributed by atoms with Gasteiger partial charge in [-0.3, -0.25) is 14.6 Å². The van der Waals surface area contributed by atoms with Gasteiger partial charge in [0.1, 0.15) is 12.0 Å². The largest absolute Gasteiger partial charge is 0.359 e. The van der Waals surface area contributed by atoms with Crippen molar-refractivity contribution in [3.05, 3.63) is 60.2 Å². The summed E-state index contributed by atoms with van der Waals surface area (Å²) in [5.41, 5.74) is 0.726. The molecule has 11 heteroatoms. The summed E-state index contributed by atoms with van der Waals surface area (Å²) in [5, 5.41) is 4.81. The number of benzene rings is 1. The predicted octanol–water partition coefficient (Wildman–Crippen LogP) is 0.000300. The van der Waals surface area contributed by atoms with Gasteiger partial charge in [0.05, 0.1) is 18.0 Å². The number of aromatic nitrogens is 1. The summed E-state index contributed by atoms with van der Waals surface area (Å²) in [6.07, 6.45) is 2.17. The molecule has 0 radical (unpaired) electrons. The fourth-order valence-corrected chi connectivity index (χ4v) is 4.22. The maximum Gasteiger partial charge on any atom is 0.309 e. The van der Waals surface area contributed by atoms with Crippen molar-refractivity contribution in [2.24, 2.45) is 0 Å². The second-order valence-corrected chi connectivity index (χ2v) is 8.04. The van der Waals surface area contributed by atoms with E-state index >= 15 is 0 Å². The minimum absolute atomic E-state index is 0.0768. The van der Waals surface area contributed by atoms with E-state index in [1.807, 2.05) is 0 Å². The van der Waals surface area contributed by atoms with Gasteiger partial charge in [0.15, 0.2) is 0 Å². The van der Waals surface area contributed by atoms with Gasteiger partial charge in [-0.15, -0.1) is 0 Å². The van der Waals surface area contributed by atoms with Crippen LogP contribution in [0.25, 0.3) is 0 Å². The maximum absolute atomic E-state index is 13.1. The summed E-state index contributed by atoms with van der Waals surface area (Å²) < 4.78 is 44.9. The Balaban J connectivity index is 1.55. The zero-order valence-corrected chi connectivity index (χ0v) is 16.1. The molecule has 2 N–H and O–H groups in total. The lowest BCUT2D eigenvalue weighted by molar-refractivity contribution is -0.139. The molecule has 2 amide bonds. The Bertz CT molecular complexity index is 970. The third-order valence-corrected chi connectivity index (χ3v) is 6.09. The second kappa shape index (κ2) is 9.07. The first kappa shape index (κ1) is 20.8. The number of nitrogens with zero attached hydrogens (tertiary/aromatic N) is 2. The van der Waals surface area contributed by atoms with Crippen molar-refractivity contribution in [3.63, 3.8) is 0 Å². The Hall–Kier alpha value is -2.89. The van der Waals surface area contributed by atoms with Crippen molar-refractivity contribution in [3.8, 4) is 0 Å². The Morgan fingerprint density at radius 3 is 2.59 bits per heavy atom. The number of nitrogens with one attached hydrogen (secondary N) is 2. The van der Waals surface area contributed by atoms with Gasteiger partial charge in [-0.25, -0.2) is 12.8 Å². The van der Waals surface area contributed by atoms with E-state index < -0.39 is 33.9 Å². The number of ether oxygens (including phenoxy) is 1. The van der Waals surface area contributed by atoms with Gasteiger partial charge in [0.25, 0.3) is 0 Å². The van der Waals surface area contributed by atoms with Crippen LogP contribution in [0, 0.1) is 5.82 Å². The number of pyridine rings is 1. The summed E-state index contributed by atoms with van der Waals surface area (Å²) in [6, 6.07) is 7.86. The van der Waals surface area contributed by atoms with Crippen LogP contribution in [-0.2, 0) is 30.9 Å². The van der Waals surface area contributed by atoms with Crippen molar-refractivity contribution in [1.82, 2.24) is 19.9 Å². The Labute approximate surface area is 166 Å². The highest BCUT2D eigenvalue weighted by Crippen LogP contribution is 2.22. The number of hydrogen-bond acceptors (Lipinski definition) is 6. The van der Waals surface area contributed by atoms with E-state index in [9.17, 15) is 22.4 Å². The average Bonchev–Trinajstić information content (AvgIpc) is 3.21. The molecule has 2 heterocycles. The summed E-state index contributed by atoms with van der Waals surface area (Å²) >= 11 is 0. The molecule has 0 bridgehead atoms. The van der Waals surface area contributed by atoms with E-state index in [2.05, 4.69) is 15.6 Å². The van der Waals surface area contributed by atoms with E-state index in [1.165, 1.54) is 0 Å². The minimum Gasteiger partial charge on any atom is -0.359 e. The molecule has 9 nitrogen and oxygen atoms in total. The molecule has 3 rings (SSSR count). The molecule has 1 saturated heterocycles. The molecule has 1 aromatic heterocycles. The molecule has 0 saturated carbocycles. The van der Waals surface area contributed by atoms with Crippen LogP contribution in [0.4, 0.5) is 4.39 Å². The monoisotopic (exact) mass is 422 g/mol. The molecule has 154 valence electrons. The summed E-state index contributed by atoms with van der Waals surface area (Å²) in [4.78, 5) is 27.7. The number of sulfonamides is 1. The third-order valence-electron chi connectivity index (χ3n) is 4.18. The zero-order valence-electron chi connectivity index (χ0n) is 15.2. The standard InChI is InChI=1S/C18H19FN4O5S/c19-14-3-5-15(6-4-14)29(26,27)23-8-9-28-16(23)12-22-18(25)17(24)21-11-13-2-1-7-20-10-13/h1-7,10,16H,8-9,11-12H2,(H,21,24)(H,22,25)/t16-/m1/s1. The SMILES string of the molecule is O=C(NCc1cccnc1)C(=O)NC[C@H]1OCCN1S(=O)(=O)c1ccc(F)cc1. The van der Waals surface area contributed by atoms with Gasteiger partial charge in [0, 0.05) is 25.5 Å². The maximum atomic E-state index is 13.1. The molecular weight excluding hydrogens is 403 g/mol. The lowest BCUT2D eigenvalue weighted by Gasteiger charge is -2.22. The van der Waals surface area contributed by atoms with Gasteiger partial charge in [-0.2, -0.15) is 4.31 Å². The first-order valence-electron chi connectivity index (χ1n) is 8.72. The topological polar surface area (TPSA) is 118 Å². The van der Waals surface area contributed by atoms with Crippen molar-refractivity contribution in [2.75, 3.05) is 19.7 Å². The number of rotatable bonds is 6. The van der Waals surface area contributed by atoms with Crippen molar-refractivity contribution in [1.29, 1.82) is 0 Å². The van der Waals surface area contributed by atoms with Gasteiger partial charge >= 0.3 is 11.8 Å². The first-order valence-corrected chi connectivity index (χ1v) is 10.2. The van der Waals surface area contributed by atoms with E-state index in [1.54, 1.807) is 24.5 Å². The Morgan fingerprint density at radius 2 is 1.90 bits per heavy atom. The molecule has 1 atom stereocenters.